The molecule has 33 heavy (non-hydrogen) atoms. The van der Waals surface area contributed by atoms with Crippen molar-refractivity contribution in [1.82, 2.24) is 5.43 Å². The molecule has 1 amide bonds. The van der Waals surface area contributed by atoms with Crippen LogP contribution in [0, 0.1) is 0 Å². The third-order valence-corrected chi connectivity index (χ3v) is 5.77. The Hall–Kier alpha value is -3.64. The minimum absolute atomic E-state index is 0.189. The standard InChI is InChI=1S/C27H23BrN2O3/c1-32-23-12-9-19(10-13-23)16-27(31)30-29-17-20-11-14-26(25(28)15-20)33-18-22-7-4-6-21-5-2-3-8-24(21)22/h2-15,17H,16,18H2,1H3,(H,30,31)/b29-17-. The van der Waals surface area contributed by atoms with Crippen molar-refractivity contribution in [3.63, 3.8) is 0 Å². The van der Waals surface area contributed by atoms with E-state index in [1.165, 1.54) is 10.8 Å². The molecule has 6 heteroatoms. The third kappa shape index (κ3) is 5.99. The number of halogens is 1. The Labute approximate surface area is 201 Å². The van der Waals surface area contributed by atoms with Crippen LogP contribution in [-0.4, -0.2) is 19.2 Å². The molecule has 0 spiro atoms. The summed E-state index contributed by atoms with van der Waals surface area (Å²) in [5, 5.41) is 6.44. The number of carbonyl (C=O) groups is 1. The highest BCUT2D eigenvalue weighted by molar-refractivity contribution is 9.10. The van der Waals surface area contributed by atoms with Crippen LogP contribution >= 0.6 is 15.9 Å². The van der Waals surface area contributed by atoms with Crippen LogP contribution in [0.1, 0.15) is 16.7 Å². The molecule has 0 aromatic heterocycles. The van der Waals surface area contributed by atoms with E-state index in [0.717, 1.165) is 32.7 Å². The number of ether oxygens (including phenoxy) is 2. The quantitative estimate of drug-likeness (QED) is 0.241. The second-order valence-electron chi connectivity index (χ2n) is 7.43. The lowest BCUT2D eigenvalue weighted by molar-refractivity contribution is -0.120. The zero-order valence-corrected chi connectivity index (χ0v) is 19.7. The van der Waals surface area contributed by atoms with Gasteiger partial charge in [0, 0.05) is 0 Å². The summed E-state index contributed by atoms with van der Waals surface area (Å²) in [6.45, 7) is 0.467. The van der Waals surface area contributed by atoms with Crippen LogP contribution in [0.15, 0.2) is 94.5 Å². The highest BCUT2D eigenvalue weighted by Crippen LogP contribution is 2.27. The van der Waals surface area contributed by atoms with Gasteiger partial charge in [0.25, 0.3) is 0 Å². The third-order valence-electron chi connectivity index (χ3n) is 5.15. The fourth-order valence-electron chi connectivity index (χ4n) is 3.44. The molecule has 0 atom stereocenters. The number of carbonyl (C=O) groups excluding carboxylic acids is 1. The largest absolute Gasteiger partial charge is 0.497 e. The molecule has 0 fully saturated rings. The van der Waals surface area contributed by atoms with E-state index in [4.69, 9.17) is 9.47 Å². The zero-order chi connectivity index (χ0) is 23.0. The molecule has 0 saturated heterocycles. The van der Waals surface area contributed by atoms with Gasteiger partial charge < -0.3 is 9.47 Å². The smallest absolute Gasteiger partial charge is 0.244 e. The second kappa shape index (κ2) is 10.8. The maximum absolute atomic E-state index is 12.1. The van der Waals surface area contributed by atoms with Crippen molar-refractivity contribution >= 4 is 38.8 Å². The highest BCUT2D eigenvalue weighted by Gasteiger charge is 2.06. The number of nitrogens with zero attached hydrogens (tertiary/aromatic N) is 1. The Balaban J connectivity index is 1.33. The number of fused-ring (bicyclic) bond motifs is 1. The SMILES string of the molecule is COc1ccc(CC(=O)N/N=C\c2ccc(OCc3cccc4ccccc34)c(Br)c2)cc1. The van der Waals surface area contributed by atoms with Crippen LogP contribution in [0.3, 0.4) is 0 Å². The molecule has 1 N–H and O–H groups in total. The average molecular weight is 503 g/mol. The van der Waals surface area contributed by atoms with E-state index in [9.17, 15) is 4.79 Å². The number of hydrazone groups is 1. The first-order chi connectivity index (χ1) is 16.1. The maximum Gasteiger partial charge on any atom is 0.244 e. The average Bonchev–Trinajstić information content (AvgIpc) is 2.84. The van der Waals surface area contributed by atoms with Gasteiger partial charge in [0.1, 0.15) is 18.1 Å². The Morgan fingerprint density at radius 1 is 1.00 bits per heavy atom. The summed E-state index contributed by atoms with van der Waals surface area (Å²) in [5.74, 6) is 1.31. The van der Waals surface area contributed by atoms with Gasteiger partial charge in [0.15, 0.2) is 0 Å². The van der Waals surface area contributed by atoms with E-state index in [2.05, 4.69) is 50.7 Å². The number of benzene rings is 4. The predicted molar refractivity (Wildman–Crippen MR) is 135 cm³/mol. The van der Waals surface area contributed by atoms with Crippen LogP contribution in [0.2, 0.25) is 0 Å². The van der Waals surface area contributed by atoms with E-state index in [1.807, 2.05) is 60.7 Å². The highest BCUT2D eigenvalue weighted by atomic mass is 79.9. The lowest BCUT2D eigenvalue weighted by Gasteiger charge is -2.11. The first-order valence-electron chi connectivity index (χ1n) is 10.5. The lowest BCUT2D eigenvalue weighted by atomic mass is 10.1. The number of hydrogen-bond donors (Lipinski definition) is 1. The summed E-state index contributed by atoms with van der Waals surface area (Å²) >= 11 is 3.56. The molecule has 0 aliphatic rings. The zero-order valence-electron chi connectivity index (χ0n) is 18.1. The fourth-order valence-corrected chi connectivity index (χ4v) is 3.95. The Bertz CT molecular complexity index is 1280. The summed E-state index contributed by atoms with van der Waals surface area (Å²) < 4.78 is 12.0. The molecule has 4 rings (SSSR count). The Kier molecular flexibility index (Phi) is 7.37. The number of amides is 1. The van der Waals surface area contributed by atoms with Gasteiger partial charge in [0.2, 0.25) is 5.91 Å². The molecule has 0 radical (unpaired) electrons. The van der Waals surface area contributed by atoms with Crippen molar-refractivity contribution in [1.29, 1.82) is 0 Å². The van der Waals surface area contributed by atoms with Gasteiger partial charge in [-0.05, 0) is 73.7 Å². The van der Waals surface area contributed by atoms with Gasteiger partial charge in [-0.2, -0.15) is 5.10 Å². The van der Waals surface area contributed by atoms with Crippen LogP contribution in [0.5, 0.6) is 11.5 Å². The fraction of sp³-hybridized carbons (Fsp3) is 0.111. The summed E-state index contributed by atoms with van der Waals surface area (Å²) in [6.07, 6.45) is 1.84. The van der Waals surface area contributed by atoms with Crippen LogP contribution < -0.4 is 14.9 Å². The molecule has 5 nitrogen and oxygen atoms in total. The van der Waals surface area contributed by atoms with Crippen molar-refractivity contribution in [3.8, 4) is 11.5 Å². The first kappa shape index (κ1) is 22.6. The van der Waals surface area contributed by atoms with Crippen molar-refractivity contribution in [2.45, 2.75) is 13.0 Å². The molecular formula is C27H23BrN2O3. The van der Waals surface area contributed by atoms with Gasteiger partial charge in [0.05, 0.1) is 24.2 Å². The van der Waals surface area contributed by atoms with Gasteiger partial charge in [-0.25, -0.2) is 5.43 Å². The number of hydrogen-bond acceptors (Lipinski definition) is 4. The van der Waals surface area contributed by atoms with Crippen LogP contribution in [0.4, 0.5) is 0 Å². The minimum Gasteiger partial charge on any atom is -0.497 e. The van der Waals surface area contributed by atoms with E-state index in [-0.39, 0.29) is 12.3 Å². The van der Waals surface area contributed by atoms with E-state index in [0.29, 0.717) is 6.61 Å². The molecule has 0 aliphatic carbocycles. The monoisotopic (exact) mass is 502 g/mol. The van der Waals surface area contributed by atoms with E-state index in [1.54, 1.807) is 13.3 Å². The first-order valence-corrected chi connectivity index (χ1v) is 11.3. The molecule has 0 bridgehead atoms. The minimum atomic E-state index is -0.189. The molecule has 0 saturated carbocycles. The van der Waals surface area contributed by atoms with Gasteiger partial charge in [-0.3, -0.25) is 4.79 Å². The molecule has 166 valence electrons. The van der Waals surface area contributed by atoms with Crippen molar-refractivity contribution in [2.24, 2.45) is 5.10 Å². The number of methoxy groups -OCH3 is 1. The molecule has 4 aromatic rings. The second-order valence-corrected chi connectivity index (χ2v) is 8.29. The predicted octanol–water partition coefficient (Wildman–Crippen LogP) is 5.88. The number of nitrogens with one attached hydrogen (secondary N) is 1. The van der Waals surface area contributed by atoms with Crippen LogP contribution in [-0.2, 0) is 17.8 Å². The molecule has 0 unspecified atom stereocenters. The normalized spacial score (nSPS) is 11.0. The van der Waals surface area contributed by atoms with Crippen molar-refractivity contribution in [2.75, 3.05) is 7.11 Å². The summed E-state index contributed by atoms with van der Waals surface area (Å²) in [7, 11) is 1.61. The molecular weight excluding hydrogens is 480 g/mol. The van der Waals surface area contributed by atoms with Crippen molar-refractivity contribution < 1.29 is 14.3 Å². The lowest BCUT2D eigenvalue weighted by Crippen LogP contribution is -2.19. The Morgan fingerprint density at radius 2 is 1.79 bits per heavy atom. The molecule has 4 aromatic carbocycles. The van der Waals surface area contributed by atoms with Gasteiger partial charge >= 0.3 is 0 Å². The Morgan fingerprint density at radius 3 is 2.58 bits per heavy atom. The van der Waals surface area contributed by atoms with Gasteiger partial charge in [-0.1, -0.05) is 54.6 Å². The maximum atomic E-state index is 12.1. The summed E-state index contributed by atoms with van der Waals surface area (Å²) in [5.41, 5.74) is 5.41. The van der Waals surface area contributed by atoms with Crippen LogP contribution in [0.25, 0.3) is 10.8 Å². The molecule has 0 heterocycles. The molecule has 0 aliphatic heterocycles. The van der Waals surface area contributed by atoms with Gasteiger partial charge in [-0.15, -0.1) is 0 Å². The van der Waals surface area contributed by atoms with Crippen molar-refractivity contribution in [3.05, 3.63) is 106 Å². The summed E-state index contributed by atoms with van der Waals surface area (Å²) in [4.78, 5) is 12.1. The number of rotatable bonds is 8. The topological polar surface area (TPSA) is 59.9 Å². The van der Waals surface area contributed by atoms with E-state index >= 15 is 0 Å². The van der Waals surface area contributed by atoms with E-state index < -0.39 is 0 Å². The summed E-state index contributed by atoms with van der Waals surface area (Å²) in [6, 6.07) is 27.5.